The molecule has 1 saturated carbocycles. The Bertz CT molecular complexity index is 1270. The van der Waals surface area contributed by atoms with Crippen LogP contribution >= 0.6 is 12.2 Å². The highest BCUT2D eigenvalue weighted by molar-refractivity contribution is 7.81. The second-order valence-corrected chi connectivity index (χ2v) is 9.19. The predicted octanol–water partition coefficient (Wildman–Crippen LogP) is 4.16. The third-order valence-corrected chi connectivity index (χ3v) is 7.05. The standard InChI is InChI=1S/C24H20F3N3O4S/c1-13(31)20-12-33-19-10-16(5-6-18(19)34-20)30-22(35)29(21(32)23(30)7-2-8-23)15-4-3-14(11-28)17(9-15)24(25,26)27/h3-6,9-10,13,20,31H,2,7-8,12H2,1H3. The molecule has 2 aliphatic heterocycles. The van der Waals surface area contributed by atoms with Crippen LogP contribution in [0, 0.1) is 11.3 Å². The Morgan fingerprint density at radius 2 is 1.91 bits per heavy atom. The molecule has 1 N–H and O–H groups in total. The van der Waals surface area contributed by atoms with Gasteiger partial charge in [0.2, 0.25) is 0 Å². The van der Waals surface area contributed by atoms with Crippen LogP contribution in [0.25, 0.3) is 0 Å². The largest absolute Gasteiger partial charge is 0.486 e. The number of nitrogens with zero attached hydrogens (tertiary/aromatic N) is 3. The van der Waals surface area contributed by atoms with Gasteiger partial charge in [-0.25, -0.2) is 0 Å². The summed E-state index contributed by atoms with van der Waals surface area (Å²) in [5.41, 5.74) is -2.15. The van der Waals surface area contributed by atoms with Crippen LogP contribution in [0.1, 0.15) is 37.3 Å². The van der Waals surface area contributed by atoms with Crippen molar-refractivity contribution < 1.29 is 32.5 Å². The molecule has 0 aromatic heterocycles. The normalized spacial score (nSPS) is 21.7. The summed E-state index contributed by atoms with van der Waals surface area (Å²) in [4.78, 5) is 16.4. The minimum Gasteiger partial charge on any atom is -0.486 e. The number of alkyl halides is 3. The minimum absolute atomic E-state index is 0.0441. The smallest absolute Gasteiger partial charge is 0.417 e. The second-order valence-electron chi connectivity index (χ2n) is 8.82. The van der Waals surface area contributed by atoms with E-state index in [-0.39, 0.29) is 17.4 Å². The lowest BCUT2D eigenvalue weighted by atomic mass is 9.75. The number of amides is 1. The summed E-state index contributed by atoms with van der Waals surface area (Å²) in [7, 11) is 0. The van der Waals surface area contributed by atoms with E-state index in [1.807, 2.05) is 0 Å². The number of aliphatic hydroxyl groups excluding tert-OH is 1. The third-order valence-electron chi connectivity index (χ3n) is 6.68. The van der Waals surface area contributed by atoms with Crippen LogP contribution in [-0.2, 0) is 11.0 Å². The summed E-state index contributed by atoms with van der Waals surface area (Å²) in [5.74, 6) is 0.444. The van der Waals surface area contributed by atoms with E-state index in [9.17, 15) is 23.1 Å². The van der Waals surface area contributed by atoms with Crippen LogP contribution in [-0.4, -0.2) is 40.5 Å². The van der Waals surface area contributed by atoms with E-state index in [4.69, 9.17) is 27.0 Å². The first-order valence-corrected chi connectivity index (χ1v) is 11.4. The summed E-state index contributed by atoms with van der Waals surface area (Å²) < 4.78 is 52.2. The molecule has 2 aromatic rings. The molecule has 0 radical (unpaired) electrons. The van der Waals surface area contributed by atoms with Gasteiger partial charge in [-0.2, -0.15) is 18.4 Å². The number of carbonyl (C=O) groups excluding carboxylic acids is 1. The fourth-order valence-electron chi connectivity index (χ4n) is 4.66. The van der Waals surface area contributed by atoms with Crippen LogP contribution in [0.15, 0.2) is 36.4 Å². The summed E-state index contributed by atoms with van der Waals surface area (Å²) in [6.07, 6.45) is -4.27. The molecule has 35 heavy (non-hydrogen) atoms. The predicted molar refractivity (Wildman–Crippen MR) is 123 cm³/mol. The number of anilines is 2. The highest BCUT2D eigenvalue weighted by Gasteiger charge is 2.59. The van der Waals surface area contributed by atoms with Crippen molar-refractivity contribution in [3.8, 4) is 17.6 Å². The molecule has 2 fully saturated rings. The van der Waals surface area contributed by atoms with Gasteiger partial charge in [0.25, 0.3) is 5.91 Å². The molecule has 0 bridgehead atoms. The Labute approximate surface area is 204 Å². The van der Waals surface area contributed by atoms with Gasteiger partial charge in [0.15, 0.2) is 22.7 Å². The summed E-state index contributed by atoms with van der Waals surface area (Å²) in [6.45, 7) is 1.74. The number of fused-ring (bicyclic) bond motifs is 1. The molecule has 1 amide bonds. The molecule has 1 saturated heterocycles. The average molecular weight is 504 g/mol. The number of halogens is 3. The van der Waals surface area contributed by atoms with E-state index < -0.39 is 41.0 Å². The van der Waals surface area contributed by atoms with Gasteiger partial charge in [0, 0.05) is 11.8 Å². The van der Waals surface area contributed by atoms with Crippen LogP contribution in [0.4, 0.5) is 24.5 Å². The molecule has 2 aromatic carbocycles. The number of nitriles is 1. The Hall–Kier alpha value is -3.36. The molecule has 11 heteroatoms. The van der Waals surface area contributed by atoms with Gasteiger partial charge in [-0.3, -0.25) is 9.69 Å². The van der Waals surface area contributed by atoms with Crippen molar-refractivity contribution in [2.45, 2.75) is 50.1 Å². The van der Waals surface area contributed by atoms with Crippen molar-refractivity contribution in [3.05, 3.63) is 47.5 Å². The minimum atomic E-state index is -4.76. The Kier molecular flexibility index (Phi) is 5.41. The van der Waals surface area contributed by atoms with Crippen LogP contribution in [0.3, 0.4) is 0 Å². The molecule has 182 valence electrons. The van der Waals surface area contributed by atoms with Crippen molar-refractivity contribution in [1.82, 2.24) is 0 Å². The fraction of sp³-hybridized carbons (Fsp3) is 0.375. The summed E-state index contributed by atoms with van der Waals surface area (Å²) in [5, 5.41) is 18.9. The van der Waals surface area contributed by atoms with Gasteiger partial charge < -0.3 is 19.5 Å². The van der Waals surface area contributed by atoms with Gasteiger partial charge in [-0.1, -0.05) is 0 Å². The zero-order valence-corrected chi connectivity index (χ0v) is 19.3. The lowest BCUT2D eigenvalue weighted by molar-refractivity contribution is -0.137. The number of rotatable bonds is 3. The van der Waals surface area contributed by atoms with E-state index in [1.165, 1.54) is 6.07 Å². The van der Waals surface area contributed by atoms with E-state index in [1.54, 1.807) is 36.1 Å². The van der Waals surface area contributed by atoms with E-state index in [0.717, 1.165) is 23.5 Å². The first kappa shape index (κ1) is 23.4. The lowest BCUT2D eigenvalue weighted by Gasteiger charge is -2.43. The number of benzene rings is 2. The molecule has 2 unspecified atom stereocenters. The SMILES string of the molecule is CC(O)C1COc2cc(N3C(=S)N(c4ccc(C#N)c(C(F)(F)F)c4)C(=O)C34CCC4)ccc2O1. The molecule has 7 nitrogen and oxygen atoms in total. The highest BCUT2D eigenvalue weighted by Crippen LogP contribution is 2.49. The maximum Gasteiger partial charge on any atom is 0.417 e. The van der Waals surface area contributed by atoms with Crippen LogP contribution in [0.5, 0.6) is 11.5 Å². The number of ether oxygens (including phenoxy) is 2. The monoisotopic (exact) mass is 503 g/mol. The quantitative estimate of drug-likeness (QED) is 0.630. The number of thiocarbonyl (C=S) groups is 1. The van der Waals surface area contributed by atoms with Crippen molar-refractivity contribution in [3.63, 3.8) is 0 Å². The lowest BCUT2D eigenvalue weighted by Crippen LogP contribution is -2.55. The number of hydrogen-bond acceptors (Lipinski definition) is 6. The van der Waals surface area contributed by atoms with Gasteiger partial charge in [-0.15, -0.1) is 0 Å². The average Bonchev–Trinajstić information content (AvgIpc) is 3.04. The van der Waals surface area contributed by atoms with Crippen molar-refractivity contribution in [1.29, 1.82) is 5.26 Å². The topological polar surface area (TPSA) is 86.0 Å². The molecular formula is C24H20F3N3O4S. The Balaban J connectivity index is 1.54. The second kappa shape index (κ2) is 8.10. The van der Waals surface area contributed by atoms with Gasteiger partial charge in [0.05, 0.1) is 29.0 Å². The maximum atomic E-state index is 13.6. The van der Waals surface area contributed by atoms with Crippen LogP contribution in [0.2, 0.25) is 0 Å². The zero-order valence-electron chi connectivity index (χ0n) is 18.5. The van der Waals surface area contributed by atoms with Crippen LogP contribution < -0.4 is 19.3 Å². The summed E-state index contributed by atoms with van der Waals surface area (Å²) >= 11 is 5.64. The Morgan fingerprint density at radius 1 is 1.20 bits per heavy atom. The fourth-order valence-corrected chi connectivity index (χ4v) is 5.13. The van der Waals surface area contributed by atoms with E-state index >= 15 is 0 Å². The molecule has 3 aliphatic rings. The molecule has 5 rings (SSSR count). The summed E-state index contributed by atoms with van der Waals surface area (Å²) in [6, 6.07) is 9.72. The van der Waals surface area contributed by atoms with Gasteiger partial charge in [-0.05, 0) is 68.7 Å². The van der Waals surface area contributed by atoms with Gasteiger partial charge >= 0.3 is 6.18 Å². The zero-order chi connectivity index (χ0) is 25.1. The molecule has 2 atom stereocenters. The first-order valence-electron chi connectivity index (χ1n) is 11.0. The van der Waals surface area contributed by atoms with Gasteiger partial charge in [0.1, 0.15) is 12.1 Å². The maximum absolute atomic E-state index is 13.6. The molecule has 2 heterocycles. The highest BCUT2D eigenvalue weighted by atomic mass is 32.1. The number of carbonyl (C=O) groups is 1. The first-order chi connectivity index (χ1) is 16.6. The van der Waals surface area contributed by atoms with E-state index in [0.29, 0.717) is 30.0 Å². The molecule has 1 spiro atoms. The molecular weight excluding hydrogens is 483 g/mol. The number of hydrogen-bond donors (Lipinski definition) is 1. The van der Waals surface area contributed by atoms with Crippen molar-refractivity contribution >= 4 is 34.6 Å². The molecule has 1 aliphatic carbocycles. The van der Waals surface area contributed by atoms with Crippen molar-refractivity contribution in [2.24, 2.45) is 0 Å². The number of aliphatic hydroxyl groups is 1. The van der Waals surface area contributed by atoms with E-state index in [2.05, 4.69) is 0 Å². The van der Waals surface area contributed by atoms with Crippen molar-refractivity contribution in [2.75, 3.05) is 16.4 Å². The Morgan fingerprint density at radius 3 is 2.51 bits per heavy atom. The third kappa shape index (κ3) is 3.59.